The Hall–Kier alpha value is -2.19. The van der Waals surface area contributed by atoms with Gasteiger partial charge in [0.25, 0.3) is 0 Å². The van der Waals surface area contributed by atoms with E-state index in [1.807, 2.05) is 25.1 Å². The van der Waals surface area contributed by atoms with Crippen LogP contribution in [0.25, 0.3) is 22.6 Å². The largest absolute Gasteiger partial charge is 0.337 e. The van der Waals surface area contributed by atoms with Crippen LogP contribution in [0.2, 0.25) is 0 Å². The lowest BCUT2D eigenvalue weighted by Gasteiger charge is -1.94. The van der Waals surface area contributed by atoms with Crippen LogP contribution in [0, 0.1) is 18.3 Å². The van der Waals surface area contributed by atoms with E-state index in [2.05, 4.69) is 30.9 Å². The Morgan fingerprint density at radius 2 is 2.16 bits per heavy atom. The molecule has 19 heavy (non-hydrogen) atoms. The Balaban J connectivity index is 2.15. The molecule has 5 heteroatoms. The molecule has 92 valence electrons. The standard InChI is InChI=1S/C14H9BrN4/c1-8-4-10(15)5-12-13(8)19-14(18-12)11-3-2-9(6-16)7-17-11/h2-5,7H,1H3,(H,18,19). The molecule has 0 aliphatic carbocycles. The van der Waals surface area contributed by atoms with Gasteiger partial charge in [-0.15, -0.1) is 0 Å². The number of nitriles is 1. The van der Waals surface area contributed by atoms with Gasteiger partial charge in [0.05, 0.1) is 16.6 Å². The van der Waals surface area contributed by atoms with Crippen LogP contribution in [0.15, 0.2) is 34.9 Å². The Bertz CT molecular complexity index is 797. The van der Waals surface area contributed by atoms with Crippen LogP contribution >= 0.6 is 15.9 Å². The number of H-pyrrole nitrogens is 1. The van der Waals surface area contributed by atoms with Crippen LogP contribution in [-0.2, 0) is 0 Å². The van der Waals surface area contributed by atoms with Gasteiger partial charge in [-0.05, 0) is 36.8 Å². The predicted octanol–water partition coefficient (Wildman–Crippen LogP) is 3.57. The van der Waals surface area contributed by atoms with Gasteiger partial charge in [-0.2, -0.15) is 5.26 Å². The highest BCUT2D eigenvalue weighted by Crippen LogP contribution is 2.25. The van der Waals surface area contributed by atoms with Crippen molar-refractivity contribution in [2.24, 2.45) is 0 Å². The summed E-state index contributed by atoms with van der Waals surface area (Å²) in [7, 11) is 0. The fraction of sp³-hybridized carbons (Fsp3) is 0.0714. The van der Waals surface area contributed by atoms with Gasteiger partial charge in [0.1, 0.15) is 11.8 Å². The van der Waals surface area contributed by atoms with Crippen LogP contribution in [0.5, 0.6) is 0 Å². The van der Waals surface area contributed by atoms with Crippen molar-refractivity contribution in [1.82, 2.24) is 15.0 Å². The summed E-state index contributed by atoms with van der Waals surface area (Å²) in [4.78, 5) is 12.0. The van der Waals surface area contributed by atoms with Crippen LogP contribution < -0.4 is 0 Å². The molecule has 2 aromatic heterocycles. The van der Waals surface area contributed by atoms with E-state index in [4.69, 9.17) is 5.26 Å². The monoisotopic (exact) mass is 312 g/mol. The first-order valence-corrected chi connectivity index (χ1v) is 6.49. The maximum atomic E-state index is 8.76. The number of benzene rings is 1. The molecule has 3 aromatic rings. The fourth-order valence-corrected chi connectivity index (χ4v) is 2.54. The molecule has 0 aliphatic rings. The van der Waals surface area contributed by atoms with E-state index >= 15 is 0 Å². The van der Waals surface area contributed by atoms with Crippen molar-refractivity contribution in [2.75, 3.05) is 0 Å². The molecule has 0 bridgehead atoms. The van der Waals surface area contributed by atoms with Crippen molar-refractivity contribution in [3.63, 3.8) is 0 Å². The second-order valence-electron chi connectivity index (χ2n) is 4.25. The third-order valence-electron chi connectivity index (χ3n) is 2.88. The Kier molecular flexibility index (Phi) is 2.80. The number of pyridine rings is 1. The normalized spacial score (nSPS) is 10.6. The van der Waals surface area contributed by atoms with Crippen LogP contribution in [-0.4, -0.2) is 15.0 Å². The lowest BCUT2D eigenvalue weighted by atomic mass is 10.2. The molecular weight excluding hydrogens is 304 g/mol. The summed E-state index contributed by atoms with van der Waals surface area (Å²) in [6, 6.07) is 9.59. The number of imidazole rings is 1. The Morgan fingerprint density at radius 3 is 2.84 bits per heavy atom. The van der Waals surface area contributed by atoms with Crippen LogP contribution in [0.4, 0.5) is 0 Å². The average molecular weight is 313 g/mol. The molecule has 0 spiro atoms. The quantitative estimate of drug-likeness (QED) is 0.747. The number of nitrogens with zero attached hydrogens (tertiary/aromatic N) is 3. The zero-order valence-electron chi connectivity index (χ0n) is 10.1. The second kappa shape index (κ2) is 4.48. The average Bonchev–Trinajstić information content (AvgIpc) is 2.83. The molecule has 0 fully saturated rings. The molecule has 0 amide bonds. The molecule has 4 nitrogen and oxygen atoms in total. The zero-order chi connectivity index (χ0) is 13.4. The molecule has 1 N–H and O–H groups in total. The number of fused-ring (bicyclic) bond motifs is 1. The highest BCUT2D eigenvalue weighted by Gasteiger charge is 2.09. The van der Waals surface area contributed by atoms with Crippen LogP contribution in [0.1, 0.15) is 11.1 Å². The molecular formula is C14H9BrN4. The third-order valence-corrected chi connectivity index (χ3v) is 3.33. The lowest BCUT2D eigenvalue weighted by molar-refractivity contribution is 1.23. The summed E-state index contributed by atoms with van der Waals surface area (Å²) in [6.45, 7) is 2.02. The number of halogens is 1. The van der Waals surface area contributed by atoms with Crippen molar-refractivity contribution in [3.8, 4) is 17.6 Å². The number of aryl methyl sites for hydroxylation is 1. The topological polar surface area (TPSA) is 65.4 Å². The van der Waals surface area contributed by atoms with E-state index in [9.17, 15) is 0 Å². The van der Waals surface area contributed by atoms with Crippen molar-refractivity contribution in [2.45, 2.75) is 6.92 Å². The minimum absolute atomic E-state index is 0.541. The fourth-order valence-electron chi connectivity index (χ4n) is 1.97. The summed E-state index contributed by atoms with van der Waals surface area (Å²) in [5.41, 5.74) is 4.27. The van der Waals surface area contributed by atoms with Crippen molar-refractivity contribution >= 4 is 27.0 Å². The summed E-state index contributed by atoms with van der Waals surface area (Å²) in [6.07, 6.45) is 1.55. The van der Waals surface area contributed by atoms with Gasteiger partial charge >= 0.3 is 0 Å². The van der Waals surface area contributed by atoms with Gasteiger partial charge in [-0.3, -0.25) is 4.98 Å². The highest BCUT2D eigenvalue weighted by atomic mass is 79.9. The zero-order valence-corrected chi connectivity index (χ0v) is 11.7. The maximum absolute atomic E-state index is 8.76. The smallest absolute Gasteiger partial charge is 0.157 e. The number of nitrogens with one attached hydrogen (secondary N) is 1. The van der Waals surface area contributed by atoms with Crippen molar-refractivity contribution in [3.05, 3.63) is 46.1 Å². The van der Waals surface area contributed by atoms with Gasteiger partial charge in [-0.25, -0.2) is 4.98 Å². The van der Waals surface area contributed by atoms with Gasteiger partial charge in [0.15, 0.2) is 5.82 Å². The van der Waals surface area contributed by atoms with Gasteiger partial charge < -0.3 is 4.98 Å². The number of aromatic amines is 1. The summed E-state index contributed by atoms with van der Waals surface area (Å²) in [5, 5.41) is 8.76. The van der Waals surface area contributed by atoms with E-state index in [1.165, 1.54) is 0 Å². The molecule has 0 radical (unpaired) electrons. The Morgan fingerprint density at radius 1 is 1.32 bits per heavy atom. The predicted molar refractivity (Wildman–Crippen MR) is 76.5 cm³/mol. The van der Waals surface area contributed by atoms with E-state index in [-0.39, 0.29) is 0 Å². The molecule has 0 aliphatic heterocycles. The minimum atomic E-state index is 0.541. The molecule has 1 aromatic carbocycles. The molecule has 0 atom stereocenters. The van der Waals surface area contributed by atoms with Crippen molar-refractivity contribution < 1.29 is 0 Å². The van der Waals surface area contributed by atoms with Gasteiger partial charge in [-0.1, -0.05) is 15.9 Å². The third kappa shape index (κ3) is 2.11. The Labute approximate surface area is 118 Å². The van der Waals surface area contributed by atoms with Gasteiger partial charge in [0.2, 0.25) is 0 Å². The SMILES string of the molecule is Cc1cc(Br)cc2[nH]c(-c3ccc(C#N)cn3)nc12. The second-order valence-corrected chi connectivity index (χ2v) is 5.16. The molecule has 2 heterocycles. The lowest BCUT2D eigenvalue weighted by Crippen LogP contribution is -1.86. The maximum Gasteiger partial charge on any atom is 0.157 e. The number of aromatic nitrogens is 3. The minimum Gasteiger partial charge on any atom is -0.337 e. The van der Waals surface area contributed by atoms with E-state index in [0.29, 0.717) is 11.4 Å². The number of hydrogen-bond donors (Lipinski definition) is 1. The van der Waals surface area contributed by atoms with Crippen LogP contribution in [0.3, 0.4) is 0 Å². The molecule has 0 saturated heterocycles. The highest BCUT2D eigenvalue weighted by molar-refractivity contribution is 9.10. The first kappa shape index (κ1) is 11.9. The molecule has 0 saturated carbocycles. The summed E-state index contributed by atoms with van der Waals surface area (Å²) in [5.74, 6) is 0.709. The summed E-state index contributed by atoms with van der Waals surface area (Å²) < 4.78 is 1.01. The van der Waals surface area contributed by atoms with Crippen molar-refractivity contribution in [1.29, 1.82) is 5.26 Å². The van der Waals surface area contributed by atoms with E-state index in [1.54, 1.807) is 18.3 Å². The molecule has 0 unspecified atom stereocenters. The first-order chi connectivity index (χ1) is 9.17. The summed E-state index contributed by atoms with van der Waals surface area (Å²) >= 11 is 3.47. The van der Waals surface area contributed by atoms with Gasteiger partial charge in [0, 0.05) is 10.7 Å². The van der Waals surface area contributed by atoms with E-state index in [0.717, 1.165) is 26.8 Å². The van der Waals surface area contributed by atoms with E-state index < -0.39 is 0 Å². The number of hydrogen-bond acceptors (Lipinski definition) is 3. The number of rotatable bonds is 1. The molecule has 3 rings (SSSR count). The first-order valence-electron chi connectivity index (χ1n) is 5.70.